The Morgan fingerprint density at radius 1 is 0.545 bits per heavy atom. The molecule has 0 spiro atoms. The van der Waals surface area contributed by atoms with Gasteiger partial charge in [-0.05, 0) is 0 Å². The van der Waals surface area contributed by atoms with E-state index in [1.54, 1.807) is 0 Å². The highest BCUT2D eigenvalue weighted by Crippen LogP contribution is 2.27. The van der Waals surface area contributed by atoms with Crippen molar-refractivity contribution < 1.29 is 74.7 Å². The largest absolute Gasteiger partial charge is 0.394 e. The number of hydrogen-bond acceptors (Lipinski definition) is 15. The van der Waals surface area contributed by atoms with E-state index in [2.05, 4.69) is 0 Å². The first-order valence-corrected chi connectivity index (χ1v) is 10.5. The van der Waals surface area contributed by atoms with Gasteiger partial charge in [-0.25, -0.2) is 0 Å². The highest BCUT2D eigenvalue weighted by Gasteiger charge is 2.46. The molecule has 3 aliphatic rings. The Labute approximate surface area is 187 Å². The molecule has 3 fully saturated rings. The first-order chi connectivity index (χ1) is 15.5. The van der Waals surface area contributed by atoms with Gasteiger partial charge in [0.1, 0.15) is 61.0 Å². The maximum atomic E-state index is 10.2. The van der Waals surface area contributed by atoms with E-state index >= 15 is 0 Å². The maximum Gasteiger partial charge on any atom is 0.186 e. The zero-order valence-corrected chi connectivity index (χ0v) is 17.4. The van der Waals surface area contributed by atoms with Crippen molar-refractivity contribution in [3.63, 3.8) is 0 Å². The van der Waals surface area contributed by atoms with Crippen molar-refractivity contribution in [2.75, 3.05) is 19.8 Å². The third-order valence-electron chi connectivity index (χ3n) is 5.92. The van der Waals surface area contributed by atoms with Crippen molar-refractivity contribution in [1.82, 2.24) is 0 Å². The summed E-state index contributed by atoms with van der Waals surface area (Å²) in [4.78, 5) is 0. The van der Waals surface area contributed by atoms with E-state index in [1.807, 2.05) is 0 Å². The number of rotatable bonds is 7. The topological polar surface area (TPSA) is 248 Å². The summed E-state index contributed by atoms with van der Waals surface area (Å²) in [5.74, 6) is 0. The van der Waals surface area contributed by atoms with Gasteiger partial charge in [0.15, 0.2) is 18.9 Å². The number of aliphatic hydroxyl groups is 10. The lowest BCUT2D eigenvalue weighted by Crippen LogP contribution is -2.60. The van der Waals surface area contributed by atoms with Gasteiger partial charge in [-0.15, -0.1) is 0 Å². The van der Waals surface area contributed by atoms with E-state index < -0.39 is 106 Å². The van der Waals surface area contributed by atoms with Crippen LogP contribution in [0.15, 0.2) is 0 Å². The van der Waals surface area contributed by atoms with Crippen LogP contribution in [0.5, 0.6) is 0 Å². The van der Waals surface area contributed by atoms with Gasteiger partial charge in [-0.3, -0.25) is 0 Å². The highest BCUT2D eigenvalue weighted by molar-refractivity contribution is 4.90. The standard InChI is InChI=1S/C18H32O15/c19-2-7-10(22)13(25)15(27)18(32-7)30-3-8-5(20)1-6(21)17(33-8)29-4-9-11(23)12(24)14(26)16(28)31-9/h5-28H,1-4H2/t5-,6-,7-,8-,9-,10+,11+,12+,13+,14-,15-,16-,17-,18-/m1/s1. The summed E-state index contributed by atoms with van der Waals surface area (Å²) in [6, 6.07) is 0. The van der Waals surface area contributed by atoms with Crippen molar-refractivity contribution in [3.05, 3.63) is 0 Å². The fourth-order valence-corrected chi connectivity index (χ4v) is 3.82. The molecule has 10 N–H and O–H groups in total. The Bertz CT molecular complexity index is 609. The summed E-state index contributed by atoms with van der Waals surface area (Å²) in [6.45, 7) is -1.51. The summed E-state index contributed by atoms with van der Waals surface area (Å²) in [5.41, 5.74) is 0. The average Bonchev–Trinajstić information content (AvgIpc) is 2.79. The second kappa shape index (κ2) is 11.4. The molecule has 0 aromatic rings. The van der Waals surface area contributed by atoms with Gasteiger partial charge in [-0.1, -0.05) is 0 Å². The Morgan fingerprint density at radius 3 is 1.76 bits per heavy atom. The van der Waals surface area contributed by atoms with Crippen LogP contribution in [0, 0.1) is 0 Å². The fraction of sp³-hybridized carbons (Fsp3) is 1.00. The van der Waals surface area contributed by atoms with Crippen molar-refractivity contribution in [3.8, 4) is 0 Å². The summed E-state index contributed by atoms with van der Waals surface area (Å²) in [6.07, 6.45) is -20.7. The smallest absolute Gasteiger partial charge is 0.186 e. The minimum atomic E-state index is -1.77. The normalized spacial score (nSPS) is 51.5. The van der Waals surface area contributed by atoms with Gasteiger partial charge in [-0.2, -0.15) is 0 Å². The minimum Gasteiger partial charge on any atom is -0.394 e. The van der Waals surface area contributed by atoms with Gasteiger partial charge < -0.3 is 74.7 Å². The molecule has 14 atom stereocenters. The third-order valence-corrected chi connectivity index (χ3v) is 5.92. The molecule has 0 aromatic carbocycles. The van der Waals surface area contributed by atoms with Crippen molar-refractivity contribution in [2.24, 2.45) is 0 Å². The predicted octanol–water partition coefficient (Wildman–Crippen LogP) is -6.54. The van der Waals surface area contributed by atoms with Crippen LogP contribution in [-0.4, -0.2) is 157 Å². The Kier molecular flexibility index (Phi) is 9.35. The molecule has 15 heteroatoms. The highest BCUT2D eigenvalue weighted by atomic mass is 16.7. The van der Waals surface area contributed by atoms with E-state index in [1.165, 1.54) is 0 Å². The zero-order valence-electron chi connectivity index (χ0n) is 17.4. The molecular weight excluding hydrogens is 456 g/mol. The molecular formula is C18H32O15. The SMILES string of the molecule is OC[C@H]1O[C@@H](OC[C@H]2O[C@@H](OC[C@H]3O[C@@H](O)[C@H](O)[C@@H](O)[C@H]3O)[C@H](O)C[C@H]2O)[C@H](O)[C@@H](O)[C@H]1O. The van der Waals surface area contributed by atoms with E-state index in [9.17, 15) is 51.1 Å². The van der Waals surface area contributed by atoms with Crippen LogP contribution in [0.2, 0.25) is 0 Å². The summed E-state index contributed by atoms with van der Waals surface area (Å²) in [7, 11) is 0. The Hall–Kier alpha value is -0.600. The molecule has 194 valence electrons. The summed E-state index contributed by atoms with van der Waals surface area (Å²) in [5, 5.41) is 98.0. The fourth-order valence-electron chi connectivity index (χ4n) is 3.82. The van der Waals surface area contributed by atoms with E-state index in [0.29, 0.717) is 0 Å². The van der Waals surface area contributed by atoms with E-state index in [0.717, 1.165) is 0 Å². The van der Waals surface area contributed by atoms with Gasteiger partial charge in [0.05, 0.1) is 25.9 Å². The Balaban J connectivity index is 1.53. The summed E-state index contributed by atoms with van der Waals surface area (Å²) < 4.78 is 26.4. The van der Waals surface area contributed by atoms with Crippen molar-refractivity contribution in [1.29, 1.82) is 0 Å². The van der Waals surface area contributed by atoms with Gasteiger partial charge in [0, 0.05) is 6.42 Å². The van der Waals surface area contributed by atoms with Crippen LogP contribution >= 0.6 is 0 Å². The molecule has 3 aliphatic heterocycles. The molecule has 0 saturated carbocycles. The quantitative estimate of drug-likeness (QED) is 0.160. The van der Waals surface area contributed by atoms with Gasteiger partial charge in [0.2, 0.25) is 0 Å². The minimum absolute atomic E-state index is 0.203. The molecule has 0 aromatic heterocycles. The van der Waals surface area contributed by atoms with Gasteiger partial charge >= 0.3 is 0 Å². The van der Waals surface area contributed by atoms with Crippen LogP contribution < -0.4 is 0 Å². The van der Waals surface area contributed by atoms with Crippen molar-refractivity contribution >= 4 is 0 Å². The molecule has 33 heavy (non-hydrogen) atoms. The second-order valence-electron chi connectivity index (χ2n) is 8.31. The molecule has 0 amide bonds. The molecule has 0 unspecified atom stereocenters. The van der Waals surface area contributed by atoms with Crippen LogP contribution in [0.1, 0.15) is 6.42 Å². The molecule has 3 saturated heterocycles. The zero-order chi connectivity index (χ0) is 24.4. The van der Waals surface area contributed by atoms with Crippen molar-refractivity contribution in [2.45, 2.75) is 92.4 Å². The molecule has 3 heterocycles. The van der Waals surface area contributed by atoms with Gasteiger partial charge in [0.25, 0.3) is 0 Å². The van der Waals surface area contributed by atoms with Crippen LogP contribution in [0.25, 0.3) is 0 Å². The average molecular weight is 488 g/mol. The molecule has 0 radical (unpaired) electrons. The lowest BCUT2D eigenvalue weighted by molar-refractivity contribution is -0.329. The lowest BCUT2D eigenvalue weighted by atomic mass is 9.99. The summed E-state index contributed by atoms with van der Waals surface area (Å²) >= 11 is 0. The second-order valence-corrected chi connectivity index (χ2v) is 8.31. The first kappa shape index (κ1) is 27.0. The third kappa shape index (κ3) is 5.97. The molecule has 3 rings (SSSR count). The van der Waals surface area contributed by atoms with Crippen LogP contribution in [-0.2, 0) is 23.7 Å². The van der Waals surface area contributed by atoms with Crippen LogP contribution in [0.3, 0.4) is 0 Å². The van der Waals surface area contributed by atoms with E-state index in [4.69, 9.17) is 23.7 Å². The maximum absolute atomic E-state index is 10.2. The number of ether oxygens (including phenoxy) is 5. The predicted molar refractivity (Wildman–Crippen MR) is 99.9 cm³/mol. The molecule has 0 bridgehead atoms. The monoisotopic (exact) mass is 488 g/mol. The number of hydrogen-bond donors (Lipinski definition) is 10. The molecule has 15 nitrogen and oxygen atoms in total. The Morgan fingerprint density at radius 2 is 1.09 bits per heavy atom. The van der Waals surface area contributed by atoms with Crippen LogP contribution in [0.4, 0.5) is 0 Å². The number of aliphatic hydroxyl groups excluding tert-OH is 10. The lowest BCUT2D eigenvalue weighted by Gasteiger charge is -2.42. The first-order valence-electron chi connectivity index (χ1n) is 10.5. The molecule has 0 aliphatic carbocycles. The van der Waals surface area contributed by atoms with E-state index in [-0.39, 0.29) is 6.42 Å².